The summed E-state index contributed by atoms with van der Waals surface area (Å²) in [5, 5.41) is 29.7. The molecular formula is C19H18O7. The molecule has 0 aromatic heterocycles. The normalized spacial score (nSPS) is 29.1. The molecule has 0 aliphatic carbocycles. The van der Waals surface area contributed by atoms with Gasteiger partial charge in [-0.15, -0.1) is 0 Å². The van der Waals surface area contributed by atoms with Gasteiger partial charge in [0.25, 0.3) is 0 Å². The molecule has 26 heavy (non-hydrogen) atoms. The number of phenolic OH excluding ortho intramolecular Hbond substituents is 3. The minimum Gasteiger partial charge on any atom is -0.507 e. The Morgan fingerprint density at radius 1 is 0.731 bits per heavy atom. The fraction of sp³-hybridized carbons (Fsp3) is 0.368. The Kier molecular flexibility index (Phi) is 3.41. The third-order valence-corrected chi connectivity index (χ3v) is 5.42. The molecule has 2 fully saturated rings. The monoisotopic (exact) mass is 358 g/mol. The fourth-order valence-corrected chi connectivity index (χ4v) is 4.10. The lowest BCUT2D eigenvalue weighted by atomic mass is 9.84. The first-order valence-electron chi connectivity index (χ1n) is 8.49. The van der Waals surface area contributed by atoms with Crippen LogP contribution < -0.4 is 9.47 Å². The lowest BCUT2D eigenvalue weighted by molar-refractivity contribution is 0.0184. The van der Waals surface area contributed by atoms with Crippen LogP contribution in [0.3, 0.4) is 0 Å². The van der Waals surface area contributed by atoms with Gasteiger partial charge in [0.1, 0.15) is 5.75 Å². The number of rotatable bonds is 2. The Bertz CT molecular complexity index is 865. The minimum absolute atomic E-state index is 0.0715. The molecule has 0 unspecified atom stereocenters. The molecule has 2 aromatic rings. The van der Waals surface area contributed by atoms with Crippen molar-refractivity contribution in [2.45, 2.75) is 12.2 Å². The molecule has 3 aliphatic heterocycles. The highest BCUT2D eigenvalue weighted by atomic mass is 16.7. The van der Waals surface area contributed by atoms with Gasteiger partial charge >= 0.3 is 0 Å². The second-order valence-corrected chi connectivity index (χ2v) is 6.85. The second-order valence-electron chi connectivity index (χ2n) is 6.85. The van der Waals surface area contributed by atoms with E-state index in [2.05, 4.69) is 0 Å². The van der Waals surface area contributed by atoms with Gasteiger partial charge in [-0.25, -0.2) is 0 Å². The van der Waals surface area contributed by atoms with Crippen molar-refractivity contribution >= 4 is 0 Å². The molecule has 3 heterocycles. The van der Waals surface area contributed by atoms with Crippen molar-refractivity contribution in [1.82, 2.24) is 0 Å². The predicted octanol–water partition coefficient (Wildman–Crippen LogP) is 2.61. The van der Waals surface area contributed by atoms with E-state index in [-0.39, 0.29) is 48.1 Å². The van der Waals surface area contributed by atoms with Crippen LogP contribution in [0.25, 0.3) is 0 Å². The summed E-state index contributed by atoms with van der Waals surface area (Å²) >= 11 is 0. The van der Waals surface area contributed by atoms with Gasteiger partial charge in [-0.1, -0.05) is 6.07 Å². The number of phenols is 3. The summed E-state index contributed by atoms with van der Waals surface area (Å²) in [6.45, 7) is 1.11. The van der Waals surface area contributed by atoms with Crippen LogP contribution in [0.5, 0.6) is 28.7 Å². The smallest absolute Gasteiger partial charge is 0.231 e. The van der Waals surface area contributed by atoms with E-state index in [1.54, 1.807) is 18.2 Å². The zero-order valence-corrected chi connectivity index (χ0v) is 13.8. The van der Waals surface area contributed by atoms with Crippen molar-refractivity contribution in [3.8, 4) is 28.7 Å². The van der Waals surface area contributed by atoms with E-state index >= 15 is 0 Å². The first kappa shape index (κ1) is 15.6. The number of hydrogen-bond acceptors (Lipinski definition) is 7. The summed E-state index contributed by atoms with van der Waals surface area (Å²) in [5.74, 6) is 1.08. The van der Waals surface area contributed by atoms with Crippen LogP contribution in [0.4, 0.5) is 0 Å². The van der Waals surface area contributed by atoms with Gasteiger partial charge in [0.2, 0.25) is 6.79 Å². The first-order chi connectivity index (χ1) is 12.6. The van der Waals surface area contributed by atoms with Gasteiger partial charge in [-0.05, 0) is 23.8 Å². The molecule has 3 N–H and O–H groups in total. The maximum Gasteiger partial charge on any atom is 0.231 e. The van der Waals surface area contributed by atoms with E-state index < -0.39 is 0 Å². The molecule has 7 heteroatoms. The standard InChI is InChI=1S/C19H18O7/c20-13-2-1-9(3-15(13)22)18-11-6-24-19(12(11)7-23-18)10-4-16-17(5-14(10)21)26-8-25-16/h1-5,11-12,18-22H,6-8H2/t11-,12-,18+,19-/m0/s1. The Hall–Kier alpha value is -2.64. The van der Waals surface area contributed by atoms with Gasteiger partial charge in [0, 0.05) is 23.5 Å². The van der Waals surface area contributed by atoms with Crippen LogP contribution in [0, 0.1) is 11.8 Å². The molecule has 2 aromatic carbocycles. The number of fused-ring (bicyclic) bond motifs is 2. The average molecular weight is 358 g/mol. The quantitative estimate of drug-likeness (QED) is 0.710. The van der Waals surface area contributed by atoms with Gasteiger partial charge in [-0.2, -0.15) is 0 Å². The van der Waals surface area contributed by atoms with Gasteiger partial charge < -0.3 is 34.3 Å². The summed E-state index contributed by atoms with van der Waals surface area (Å²) in [6, 6.07) is 8.05. The molecule has 3 aliphatic rings. The Morgan fingerprint density at radius 2 is 1.42 bits per heavy atom. The highest BCUT2D eigenvalue weighted by Crippen LogP contribution is 2.53. The van der Waals surface area contributed by atoms with Crippen LogP contribution in [0.1, 0.15) is 23.3 Å². The van der Waals surface area contributed by atoms with E-state index in [1.807, 2.05) is 0 Å². The van der Waals surface area contributed by atoms with Gasteiger partial charge in [0.05, 0.1) is 25.4 Å². The van der Waals surface area contributed by atoms with Gasteiger partial charge in [-0.3, -0.25) is 0 Å². The van der Waals surface area contributed by atoms with E-state index in [0.717, 1.165) is 5.56 Å². The number of aromatic hydroxyl groups is 3. The molecule has 4 atom stereocenters. The Balaban J connectivity index is 1.43. The van der Waals surface area contributed by atoms with Crippen molar-refractivity contribution in [3.63, 3.8) is 0 Å². The van der Waals surface area contributed by atoms with Crippen molar-refractivity contribution in [2.24, 2.45) is 11.8 Å². The Labute approximate surface area is 149 Å². The summed E-state index contributed by atoms with van der Waals surface area (Å²) in [5.41, 5.74) is 1.46. The van der Waals surface area contributed by atoms with Crippen molar-refractivity contribution in [3.05, 3.63) is 41.5 Å². The summed E-state index contributed by atoms with van der Waals surface area (Å²) in [6.07, 6.45) is -0.530. The number of hydrogen-bond donors (Lipinski definition) is 3. The van der Waals surface area contributed by atoms with E-state index in [9.17, 15) is 15.3 Å². The highest BCUT2D eigenvalue weighted by Gasteiger charge is 2.49. The molecule has 0 radical (unpaired) electrons. The van der Waals surface area contributed by atoms with Crippen LogP contribution in [-0.4, -0.2) is 35.3 Å². The topological polar surface area (TPSA) is 97.6 Å². The van der Waals surface area contributed by atoms with Crippen LogP contribution in [-0.2, 0) is 9.47 Å². The predicted molar refractivity (Wildman–Crippen MR) is 88.4 cm³/mol. The maximum absolute atomic E-state index is 10.4. The van der Waals surface area contributed by atoms with Crippen molar-refractivity contribution < 1.29 is 34.3 Å². The molecule has 0 bridgehead atoms. The molecule has 0 spiro atoms. The lowest BCUT2D eigenvalue weighted by Crippen LogP contribution is -2.14. The molecule has 0 saturated carbocycles. The second kappa shape index (κ2) is 5.69. The largest absolute Gasteiger partial charge is 0.507 e. The van der Waals surface area contributed by atoms with E-state index in [4.69, 9.17) is 18.9 Å². The van der Waals surface area contributed by atoms with Crippen molar-refractivity contribution in [2.75, 3.05) is 20.0 Å². The fourth-order valence-electron chi connectivity index (χ4n) is 4.10. The minimum atomic E-state index is -0.301. The summed E-state index contributed by atoms with van der Waals surface area (Å²) in [7, 11) is 0. The molecule has 2 saturated heterocycles. The van der Waals surface area contributed by atoms with Crippen molar-refractivity contribution in [1.29, 1.82) is 0 Å². The number of benzene rings is 2. The van der Waals surface area contributed by atoms with E-state index in [0.29, 0.717) is 30.3 Å². The zero-order chi connectivity index (χ0) is 17.8. The molecular weight excluding hydrogens is 340 g/mol. The first-order valence-corrected chi connectivity index (χ1v) is 8.49. The molecule has 5 rings (SSSR count). The number of ether oxygens (including phenoxy) is 4. The molecule has 7 nitrogen and oxygen atoms in total. The molecule has 136 valence electrons. The maximum atomic E-state index is 10.4. The van der Waals surface area contributed by atoms with Crippen LogP contribution in [0.15, 0.2) is 30.3 Å². The van der Waals surface area contributed by atoms with Crippen LogP contribution in [0.2, 0.25) is 0 Å². The third kappa shape index (κ3) is 2.28. The molecule has 0 amide bonds. The zero-order valence-electron chi connectivity index (χ0n) is 13.8. The summed E-state index contributed by atoms with van der Waals surface area (Å²) < 4.78 is 22.7. The Morgan fingerprint density at radius 3 is 2.19 bits per heavy atom. The lowest BCUT2D eigenvalue weighted by Gasteiger charge is -2.18. The highest BCUT2D eigenvalue weighted by molar-refractivity contribution is 5.52. The van der Waals surface area contributed by atoms with E-state index in [1.165, 1.54) is 12.1 Å². The van der Waals surface area contributed by atoms with Gasteiger partial charge in [0.15, 0.2) is 23.0 Å². The SMILES string of the molecule is Oc1ccc([C@H]2OC[C@H]3[C@@H]2CO[C@H]3c2cc3c(cc2O)OCO3)cc1O. The van der Waals surface area contributed by atoms with Crippen LogP contribution >= 0.6 is 0 Å². The third-order valence-electron chi connectivity index (χ3n) is 5.42. The average Bonchev–Trinajstić information content (AvgIpc) is 3.32. The summed E-state index contributed by atoms with van der Waals surface area (Å²) in [4.78, 5) is 0.